The lowest BCUT2D eigenvalue weighted by Gasteiger charge is -2.37. The lowest BCUT2D eigenvalue weighted by Crippen LogP contribution is -2.51. The summed E-state index contributed by atoms with van der Waals surface area (Å²) in [6.07, 6.45) is -0.556. The third kappa shape index (κ3) is 1.18. The van der Waals surface area contributed by atoms with Gasteiger partial charge in [0.2, 0.25) is 0 Å². The van der Waals surface area contributed by atoms with Gasteiger partial charge in [-0.3, -0.25) is 0 Å². The van der Waals surface area contributed by atoms with Crippen molar-refractivity contribution < 1.29 is 19.7 Å². The van der Waals surface area contributed by atoms with Gasteiger partial charge in [-0.2, -0.15) is 0 Å². The average molecular weight is 198 g/mol. The van der Waals surface area contributed by atoms with Crippen LogP contribution in [-0.4, -0.2) is 34.0 Å². The topological polar surface area (TPSA) is 66.8 Å². The summed E-state index contributed by atoms with van der Waals surface area (Å²) in [5, 5.41) is 19.6. The Hall–Kier alpha value is -0.870. The van der Waals surface area contributed by atoms with Crippen LogP contribution in [0.25, 0.3) is 0 Å². The van der Waals surface area contributed by atoms with Crippen molar-refractivity contribution in [1.29, 1.82) is 0 Å². The van der Waals surface area contributed by atoms with Gasteiger partial charge in [0.15, 0.2) is 6.10 Å². The first-order valence-electron chi connectivity index (χ1n) is 4.74. The zero-order valence-electron chi connectivity index (χ0n) is 8.28. The lowest BCUT2D eigenvalue weighted by molar-refractivity contribution is -0.159. The second-order valence-corrected chi connectivity index (χ2v) is 4.28. The minimum atomic E-state index is -1.15. The van der Waals surface area contributed by atoms with Gasteiger partial charge in [-0.1, -0.05) is 0 Å². The van der Waals surface area contributed by atoms with Gasteiger partial charge in [-0.15, -0.1) is 0 Å². The van der Waals surface area contributed by atoms with Gasteiger partial charge in [0, 0.05) is 5.57 Å². The molecule has 4 heteroatoms. The second-order valence-electron chi connectivity index (χ2n) is 4.28. The standard InChI is InChI=1S/C10H14O4/c1-5-6-3-4-10(2,13)8(11)7(6)14-9(5)12/h7-8,11,13H,3-4H2,1-2H3. The molecule has 0 saturated heterocycles. The second kappa shape index (κ2) is 2.81. The summed E-state index contributed by atoms with van der Waals surface area (Å²) < 4.78 is 5.00. The van der Waals surface area contributed by atoms with E-state index >= 15 is 0 Å². The Balaban J connectivity index is 2.33. The maximum atomic E-state index is 11.2. The van der Waals surface area contributed by atoms with Crippen LogP contribution in [0.4, 0.5) is 0 Å². The Bertz CT molecular complexity index is 316. The quantitative estimate of drug-likeness (QED) is 0.543. The molecule has 0 amide bonds. The highest BCUT2D eigenvalue weighted by molar-refractivity contribution is 5.91. The number of carbonyl (C=O) groups is 1. The van der Waals surface area contributed by atoms with E-state index in [9.17, 15) is 15.0 Å². The average Bonchev–Trinajstić information content (AvgIpc) is 2.38. The molecule has 1 aliphatic carbocycles. The summed E-state index contributed by atoms with van der Waals surface area (Å²) in [5.41, 5.74) is 0.276. The summed E-state index contributed by atoms with van der Waals surface area (Å²) >= 11 is 0. The summed E-state index contributed by atoms with van der Waals surface area (Å²) in [5.74, 6) is -0.373. The van der Waals surface area contributed by atoms with Crippen molar-refractivity contribution in [1.82, 2.24) is 0 Å². The minimum absolute atomic E-state index is 0.373. The summed E-state index contributed by atoms with van der Waals surface area (Å²) in [6.45, 7) is 3.26. The fraction of sp³-hybridized carbons (Fsp3) is 0.700. The zero-order chi connectivity index (χ0) is 10.5. The summed E-state index contributed by atoms with van der Waals surface area (Å²) in [7, 11) is 0. The monoisotopic (exact) mass is 198 g/mol. The largest absolute Gasteiger partial charge is 0.452 e. The molecule has 14 heavy (non-hydrogen) atoms. The van der Waals surface area contributed by atoms with Crippen LogP contribution < -0.4 is 0 Å². The van der Waals surface area contributed by atoms with E-state index in [0.29, 0.717) is 18.4 Å². The molecule has 4 nitrogen and oxygen atoms in total. The van der Waals surface area contributed by atoms with Gasteiger partial charge in [0.1, 0.15) is 6.10 Å². The number of carbonyl (C=O) groups excluding carboxylic acids is 1. The minimum Gasteiger partial charge on any atom is -0.452 e. The van der Waals surface area contributed by atoms with E-state index in [1.807, 2.05) is 0 Å². The van der Waals surface area contributed by atoms with Crippen LogP contribution in [0.2, 0.25) is 0 Å². The normalized spacial score (nSPS) is 42.4. The molecule has 2 aliphatic rings. The number of rotatable bonds is 0. The highest BCUT2D eigenvalue weighted by Gasteiger charge is 2.48. The fourth-order valence-electron chi connectivity index (χ4n) is 2.07. The van der Waals surface area contributed by atoms with Gasteiger partial charge in [0.25, 0.3) is 0 Å². The number of hydrogen-bond acceptors (Lipinski definition) is 4. The first kappa shape index (κ1) is 9.68. The van der Waals surface area contributed by atoms with E-state index < -0.39 is 17.8 Å². The smallest absolute Gasteiger partial charge is 0.334 e. The molecule has 3 unspecified atom stereocenters. The van der Waals surface area contributed by atoms with Crippen LogP contribution in [-0.2, 0) is 9.53 Å². The Labute approximate surface area is 82.2 Å². The number of fused-ring (bicyclic) bond motifs is 1. The highest BCUT2D eigenvalue weighted by atomic mass is 16.6. The predicted molar refractivity (Wildman–Crippen MR) is 48.4 cm³/mol. The van der Waals surface area contributed by atoms with Crippen LogP contribution in [0.1, 0.15) is 26.7 Å². The SMILES string of the molecule is CC1=C2CCC(C)(O)C(O)C2OC1=O. The molecule has 78 valence electrons. The summed E-state index contributed by atoms with van der Waals surface area (Å²) in [4.78, 5) is 11.2. The van der Waals surface area contributed by atoms with Crippen molar-refractivity contribution in [3.05, 3.63) is 11.1 Å². The molecule has 0 spiro atoms. The van der Waals surface area contributed by atoms with E-state index in [2.05, 4.69) is 0 Å². The Kier molecular flexibility index (Phi) is 1.94. The Morgan fingerprint density at radius 2 is 2.21 bits per heavy atom. The van der Waals surface area contributed by atoms with Gasteiger partial charge in [0.05, 0.1) is 5.60 Å². The maximum absolute atomic E-state index is 11.2. The molecule has 2 N–H and O–H groups in total. The molecule has 0 aromatic heterocycles. The predicted octanol–water partition coefficient (Wildman–Crippen LogP) is 0.134. The van der Waals surface area contributed by atoms with E-state index in [1.165, 1.54) is 0 Å². The molecular weight excluding hydrogens is 184 g/mol. The van der Waals surface area contributed by atoms with Crippen molar-refractivity contribution in [2.75, 3.05) is 0 Å². The van der Waals surface area contributed by atoms with Crippen molar-refractivity contribution in [3.63, 3.8) is 0 Å². The fourth-order valence-corrected chi connectivity index (χ4v) is 2.07. The Morgan fingerprint density at radius 1 is 1.57 bits per heavy atom. The van der Waals surface area contributed by atoms with Gasteiger partial charge < -0.3 is 14.9 Å². The third-order valence-electron chi connectivity index (χ3n) is 3.19. The molecule has 1 heterocycles. The molecule has 0 radical (unpaired) electrons. The van der Waals surface area contributed by atoms with Crippen molar-refractivity contribution in [3.8, 4) is 0 Å². The molecule has 1 saturated carbocycles. The number of aliphatic hydroxyl groups is 2. The Morgan fingerprint density at radius 3 is 2.86 bits per heavy atom. The third-order valence-corrected chi connectivity index (χ3v) is 3.19. The van der Waals surface area contributed by atoms with Crippen molar-refractivity contribution in [2.45, 2.75) is 44.5 Å². The number of aliphatic hydroxyl groups excluding tert-OH is 1. The number of hydrogen-bond donors (Lipinski definition) is 2. The summed E-state index contributed by atoms with van der Waals surface area (Å²) in [6, 6.07) is 0. The van der Waals surface area contributed by atoms with E-state index in [4.69, 9.17) is 4.74 Å². The van der Waals surface area contributed by atoms with E-state index in [-0.39, 0.29) is 5.97 Å². The van der Waals surface area contributed by atoms with E-state index in [0.717, 1.165) is 5.57 Å². The van der Waals surface area contributed by atoms with Crippen LogP contribution in [0, 0.1) is 0 Å². The van der Waals surface area contributed by atoms with Crippen molar-refractivity contribution >= 4 is 5.97 Å². The molecule has 0 bridgehead atoms. The van der Waals surface area contributed by atoms with E-state index in [1.54, 1.807) is 13.8 Å². The van der Waals surface area contributed by atoms with Gasteiger partial charge >= 0.3 is 5.97 Å². The maximum Gasteiger partial charge on any atom is 0.334 e. The van der Waals surface area contributed by atoms with Crippen LogP contribution in [0.5, 0.6) is 0 Å². The van der Waals surface area contributed by atoms with Crippen LogP contribution >= 0.6 is 0 Å². The molecule has 0 aromatic carbocycles. The van der Waals surface area contributed by atoms with Crippen LogP contribution in [0.15, 0.2) is 11.1 Å². The first-order chi connectivity index (χ1) is 6.43. The molecule has 0 aromatic rings. The lowest BCUT2D eigenvalue weighted by atomic mass is 9.78. The molecule has 2 rings (SSSR count). The highest BCUT2D eigenvalue weighted by Crippen LogP contribution is 2.39. The molecular formula is C10H14O4. The first-order valence-corrected chi connectivity index (χ1v) is 4.74. The number of esters is 1. The zero-order valence-corrected chi connectivity index (χ0v) is 8.28. The van der Waals surface area contributed by atoms with Crippen molar-refractivity contribution in [2.24, 2.45) is 0 Å². The van der Waals surface area contributed by atoms with Crippen LogP contribution in [0.3, 0.4) is 0 Å². The number of ether oxygens (including phenoxy) is 1. The molecule has 1 fully saturated rings. The van der Waals surface area contributed by atoms with Gasteiger partial charge in [-0.25, -0.2) is 4.79 Å². The molecule has 1 aliphatic heterocycles. The van der Waals surface area contributed by atoms with Gasteiger partial charge in [-0.05, 0) is 32.3 Å². The molecule has 3 atom stereocenters.